The van der Waals surface area contributed by atoms with Crippen molar-refractivity contribution in [2.24, 2.45) is 0 Å². The fourth-order valence-corrected chi connectivity index (χ4v) is 3.59. The van der Waals surface area contributed by atoms with Crippen molar-refractivity contribution in [1.29, 1.82) is 0 Å². The normalized spacial score (nSPS) is 18.6. The largest absolute Gasteiger partial charge is 0.418 e. The van der Waals surface area contributed by atoms with Crippen LogP contribution in [0, 0.1) is 0 Å². The summed E-state index contributed by atoms with van der Waals surface area (Å²) in [5.41, 5.74) is -3.06. The van der Waals surface area contributed by atoms with Crippen molar-refractivity contribution in [3.05, 3.63) is 71.3 Å². The van der Waals surface area contributed by atoms with Crippen molar-refractivity contribution >= 4 is 0 Å². The minimum atomic E-state index is -4.77. The Hall–Kier alpha value is -2.06. The van der Waals surface area contributed by atoms with Crippen molar-refractivity contribution in [3.8, 4) is 0 Å². The zero-order valence-corrected chi connectivity index (χ0v) is 14.8. The smallest absolute Gasteiger partial charge is 0.353 e. The highest BCUT2D eigenvalue weighted by Crippen LogP contribution is 2.48. The predicted octanol–water partition coefficient (Wildman–Crippen LogP) is 5.60. The van der Waals surface area contributed by atoms with Gasteiger partial charge in [0.05, 0.1) is 11.2 Å². The van der Waals surface area contributed by atoms with Gasteiger partial charge in [0.25, 0.3) is 0 Å². The summed E-state index contributed by atoms with van der Waals surface area (Å²) >= 11 is 0. The predicted molar refractivity (Wildman–Crippen MR) is 91.5 cm³/mol. The second-order valence-corrected chi connectivity index (χ2v) is 6.74. The van der Waals surface area contributed by atoms with Crippen molar-refractivity contribution < 1.29 is 31.1 Å². The number of ether oxygens (including phenoxy) is 1. The fraction of sp³-hybridized carbons (Fsp3) is 0.400. The van der Waals surface area contributed by atoms with Gasteiger partial charge < -0.3 is 10.1 Å². The fourth-order valence-electron chi connectivity index (χ4n) is 3.59. The SMILES string of the molecule is FC(F)(F)c1ccccc1C1(OC(c2ccccc2)C(F)(F)F)CCNCC1. The van der Waals surface area contributed by atoms with Crippen LogP contribution in [0.5, 0.6) is 0 Å². The Morgan fingerprint density at radius 1 is 0.821 bits per heavy atom. The third-order valence-corrected chi connectivity index (χ3v) is 4.88. The van der Waals surface area contributed by atoms with Gasteiger partial charge in [-0.1, -0.05) is 48.5 Å². The molecule has 152 valence electrons. The molecule has 2 nitrogen and oxygen atoms in total. The van der Waals surface area contributed by atoms with Gasteiger partial charge in [-0.3, -0.25) is 0 Å². The van der Waals surface area contributed by atoms with E-state index in [9.17, 15) is 26.3 Å². The summed E-state index contributed by atoms with van der Waals surface area (Å²) in [5.74, 6) is 0. The first-order chi connectivity index (χ1) is 13.1. The molecule has 0 saturated carbocycles. The van der Waals surface area contributed by atoms with Crippen molar-refractivity contribution in [1.82, 2.24) is 5.32 Å². The molecule has 2 aromatic carbocycles. The van der Waals surface area contributed by atoms with Crippen LogP contribution in [0.2, 0.25) is 0 Å². The highest BCUT2D eigenvalue weighted by atomic mass is 19.4. The molecule has 1 unspecified atom stereocenters. The van der Waals surface area contributed by atoms with Crippen LogP contribution in [0.3, 0.4) is 0 Å². The van der Waals surface area contributed by atoms with Crippen molar-refractivity contribution in [3.63, 3.8) is 0 Å². The lowest BCUT2D eigenvalue weighted by Gasteiger charge is -2.42. The minimum absolute atomic E-state index is 0.000489. The monoisotopic (exact) mass is 403 g/mol. The van der Waals surface area contributed by atoms with Gasteiger partial charge in [-0.2, -0.15) is 26.3 Å². The number of hydrogen-bond donors (Lipinski definition) is 1. The summed E-state index contributed by atoms with van der Waals surface area (Å²) in [6.07, 6.45) is -11.8. The molecule has 1 saturated heterocycles. The lowest BCUT2D eigenvalue weighted by molar-refractivity contribution is -0.265. The first kappa shape index (κ1) is 20.7. The van der Waals surface area contributed by atoms with Crippen LogP contribution in [0.15, 0.2) is 54.6 Å². The average molecular weight is 403 g/mol. The molecule has 0 spiro atoms. The summed E-state index contributed by atoms with van der Waals surface area (Å²) < 4.78 is 87.8. The molecule has 0 aliphatic carbocycles. The van der Waals surface area contributed by atoms with Crippen LogP contribution in [0.4, 0.5) is 26.3 Å². The molecule has 1 heterocycles. The van der Waals surface area contributed by atoms with Crippen LogP contribution in [0.25, 0.3) is 0 Å². The van der Waals surface area contributed by atoms with Crippen LogP contribution in [-0.2, 0) is 16.5 Å². The van der Waals surface area contributed by atoms with Gasteiger partial charge in [-0.25, -0.2) is 0 Å². The zero-order valence-electron chi connectivity index (χ0n) is 14.8. The summed E-state index contributed by atoms with van der Waals surface area (Å²) in [5, 5.41) is 2.98. The minimum Gasteiger partial charge on any atom is -0.353 e. The molecular formula is C20H19F6NO. The summed E-state index contributed by atoms with van der Waals surface area (Å²) in [6.45, 7) is 0.511. The van der Waals surface area contributed by atoms with E-state index in [1.54, 1.807) is 6.07 Å². The number of piperidine rings is 1. The van der Waals surface area contributed by atoms with Gasteiger partial charge >= 0.3 is 12.4 Å². The van der Waals surface area contributed by atoms with Crippen LogP contribution < -0.4 is 5.32 Å². The van der Waals surface area contributed by atoms with E-state index in [1.165, 1.54) is 42.5 Å². The number of rotatable bonds is 4. The molecule has 28 heavy (non-hydrogen) atoms. The van der Waals surface area contributed by atoms with Gasteiger partial charge in [0.2, 0.25) is 0 Å². The van der Waals surface area contributed by atoms with E-state index in [4.69, 9.17) is 4.74 Å². The molecule has 1 aliphatic rings. The van der Waals surface area contributed by atoms with Crippen molar-refractivity contribution in [2.75, 3.05) is 13.1 Å². The topological polar surface area (TPSA) is 21.3 Å². The number of halogens is 6. The Morgan fingerprint density at radius 3 is 1.96 bits per heavy atom. The van der Waals surface area contributed by atoms with Crippen molar-refractivity contribution in [2.45, 2.75) is 36.9 Å². The number of alkyl halides is 6. The van der Waals surface area contributed by atoms with Gasteiger partial charge in [0.15, 0.2) is 6.10 Å². The van der Waals surface area contributed by atoms with E-state index >= 15 is 0 Å². The average Bonchev–Trinajstić information content (AvgIpc) is 2.66. The molecule has 0 radical (unpaired) electrons. The van der Waals surface area contributed by atoms with Gasteiger partial charge in [-0.15, -0.1) is 0 Å². The molecular weight excluding hydrogens is 384 g/mol. The highest BCUT2D eigenvalue weighted by Gasteiger charge is 2.50. The first-order valence-corrected chi connectivity index (χ1v) is 8.80. The Labute approximate surface area is 158 Å². The van der Waals surface area contributed by atoms with E-state index < -0.39 is 29.6 Å². The van der Waals surface area contributed by atoms with E-state index in [1.807, 2.05) is 0 Å². The molecule has 0 aromatic heterocycles. The van der Waals surface area contributed by atoms with Crippen LogP contribution in [-0.4, -0.2) is 19.3 Å². The maximum atomic E-state index is 13.8. The quantitative estimate of drug-likeness (QED) is 0.671. The maximum Gasteiger partial charge on any atom is 0.418 e. The Balaban J connectivity index is 2.10. The Morgan fingerprint density at radius 2 is 1.39 bits per heavy atom. The maximum absolute atomic E-state index is 13.8. The third kappa shape index (κ3) is 4.33. The van der Waals surface area contributed by atoms with Gasteiger partial charge in [0, 0.05) is 0 Å². The molecule has 3 rings (SSSR count). The Kier molecular flexibility index (Phi) is 5.72. The molecule has 1 aliphatic heterocycles. The van der Waals surface area contributed by atoms with Gasteiger partial charge in [-0.05, 0) is 43.1 Å². The second-order valence-electron chi connectivity index (χ2n) is 6.74. The molecule has 8 heteroatoms. The van der Waals surface area contributed by atoms with Crippen LogP contribution >= 0.6 is 0 Å². The number of nitrogens with one attached hydrogen (secondary N) is 1. The lowest BCUT2D eigenvalue weighted by atomic mass is 9.81. The van der Waals surface area contributed by atoms with E-state index in [2.05, 4.69) is 5.32 Å². The summed E-state index contributed by atoms with van der Waals surface area (Å²) in [4.78, 5) is 0. The third-order valence-electron chi connectivity index (χ3n) is 4.88. The second kappa shape index (κ2) is 7.75. The molecule has 1 N–H and O–H groups in total. The number of benzene rings is 2. The highest BCUT2D eigenvalue weighted by molar-refractivity contribution is 5.36. The lowest BCUT2D eigenvalue weighted by Crippen LogP contribution is -2.45. The van der Waals surface area contributed by atoms with Gasteiger partial charge in [0.1, 0.15) is 0 Å². The van der Waals surface area contributed by atoms with Crippen LogP contribution in [0.1, 0.15) is 35.6 Å². The molecule has 0 amide bonds. The zero-order chi connectivity index (χ0) is 20.4. The molecule has 2 aromatic rings. The Bertz CT molecular complexity index is 781. The summed E-state index contributed by atoms with van der Waals surface area (Å²) in [6, 6.07) is 11.7. The van der Waals surface area contributed by atoms with E-state index in [0.29, 0.717) is 0 Å². The standard InChI is InChI=1S/C20H19F6NO/c21-19(22,23)16-9-5-4-8-15(16)18(10-12-27-13-11-18)28-17(20(24,25)26)14-6-2-1-3-7-14/h1-9,17,27H,10-13H2. The number of hydrogen-bond acceptors (Lipinski definition) is 2. The van der Waals surface area contributed by atoms with E-state index in [-0.39, 0.29) is 37.1 Å². The molecule has 1 atom stereocenters. The first-order valence-electron chi connectivity index (χ1n) is 8.80. The molecule has 1 fully saturated rings. The van der Waals surface area contributed by atoms with E-state index in [0.717, 1.165) is 6.07 Å². The molecule has 0 bridgehead atoms. The summed E-state index contributed by atoms with van der Waals surface area (Å²) in [7, 11) is 0.